The van der Waals surface area contributed by atoms with Gasteiger partial charge in [-0.2, -0.15) is 0 Å². The fraction of sp³-hybridized carbons (Fsp3) is 0.350. The van der Waals surface area contributed by atoms with Crippen molar-refractivity contribution in [3.63, 3.8) is 0 Å². The molecule has 0 aromatic heterocycles. The predicted molar refractivity (Wildman–Crippen MR) is 92.0 cm³/mol. The number of aromatic hydroxyl groups is 1. The number of aryl methyl sites for hydroxylation is 1. The van der Waals surface area contributed by atoms with E-state index in [1.54, 1.807) is 6.07 Å². The number of hydrogen-bond acceptors (Lipinski definition) is 3. The van der Waals surface area contributed by atoms with Gasteiger partial charge in [-0.05, 0) is 54.7 Å². The molecule has 122 valence electrons. The van der Waals surface area contributed by atoms with Crippen LogP contribution < -0.4 is 0 Å². The number of phenols is 1. The number of rotatable bonds is 5. The monoisotopic (exact) mass is 312 g/mol. The Labute approximate surface area is 137 Å². The van der Waals surface area contributed by atoms with Gasteiger partial charge in [0.05, 0.1) is 12.7 Å². The maximum Gasteiger partial charge on any atom is 0.337 e. The standard InChI is InChI=1S/C20H24O3/c1-5-20(6-2,17-11-12-18(21)14(3)13-17)16-9-7-15(8-10-16)19(22)23-4/h7-13,21H,5-6H2,1-4H3. The molecule has 0 unspecified atom stereocenters. The second-order valence-corrected chi connectivity index (χ2v) is 5.86. The molecular formula is C20H24O3. The third-order valence-electron chi connectivity index (χ3n) is 4.82. The van der Waals surface area contributed by atoms with Gasteiger partial charge in [0, 0.05) is 5.41 Å². The summed E-state index contributed by atoms with van der Waals surface area (Å²) in [7, 11) is 1.39. The van der Waals surface area contributed by atoms with Crippen molar-refractivity contribution in [3.8, 4) is 5.75 Å². The fourth-order valence-electron chi connectivity index (χ4n) is 3.23. The minimum Gasteiger partial charge on any atom is -0.508 e. The van der Waals surface area contributed by atoms with Crippen molar-refractivity contribution in [1.82, 2.24) is 0 Å². The summed E-state index contributed by atoms with van der Waals surface area (Å²) in [5.41, 5.74) is 3.65. The third kappa shape index (κ3) is 3.09. The molecule has 0 heterocycles. The minimum atomic E-state index is -0.323. The normalized spacial score (nSPS) is 11.3. The Balaban J connectivity index is 2.52. The highest BCUT2D eigenvalue weighted by Gasteiger charge is 2.31. The van der Waals surface area contributed by atoms with Gasteiger partial charge < -0.3 is 9.84 Å². The first-order chi connectivity index (χ1) is 11.0. The fourth-order valence-corrected chi connectivity index (χ4v) is 3.23. The van der Waals surface area contributed by atoms with E-state index < -0.39 is 0 Å². The summed E-state index contributed by atoms with van der Waals surface area (Å²) in [4.78, 5) is 11.6. The van der Waals surface area contributed by atoms with E-state index in [4.69, 9.17) is 4.74 Å². The van der Waals surface area contributed by atoms with Crippen LogP contribution in [0.5, 0.6) is 5.75 Å². The van der Waals surface area contributed by atoms with E-state index in [1.165, 1.54) is 18.2 Å². The number of methoxy groups -OCH3 is 1. The lowest BCUT2D eigenvalue weighted by molar-refractivity contribution is 0.0600. The first-order valence-electron chi connectivity index (χ1n) is 7.97. The van der Waals surface area contributed by atoms with Crippen LogP contribution in [0.1, 0.15) is 53.7 Å². The molecule has 3 nitrogen and oxygen atoms in total. The van der Waals surface area contributed by atoms with E-state index in [0.717, 1.165) is 18.4 Å². The number of carbonyl (C=O) groups is 1. The van der Waals surface area contributed by atoms with Gasteiger partial charge in [-0.25, -0.2) is 4.79 Å². The molecule has 3 heteroatoms. The van der Waals surface area contributed by atoms with Crippen molar-refractivity contribution in [2.45, 2.75) is 39.0 Å². The summed E-state index contributed by atoms with van der Waals surface area (Å²) in [6.07, 6.45) is 1.87. The zero-order valence-corrected chi connectivity index (χ0v) is 14.2. The molecule has 2 aromatic rings. The Morgan fingerprint density at radius 1 is 1.04 bits per heavy atom. The molecule has 0 aliphatic carbocycles. The van der Waals surface area contributed by atoms with Crippen LogP contribution in [0.3, 0.4) is 0 Å². The summed E-state index contributed by atoms with van der Waals surface area (Å²) in [6, 6.07) is 13.4. The lowest BCUT2D eigenvalue weighted by Gasteiger charge is -2.33. The molecule has 0 aliphatic heterocycles. The summed E-state index contributed by atoms with van der Waals surface area (Å²) in [6.45, 7) is 6.25. The number of ether oxygens (including phenoxy) is 1. The van der Waals surface area contributed by atoms with Crippen molar-refractivity contribution in [2.24, 2.45) is 0 Å². The van der Waals surface area contributed by atoms with Crippen LogP contribution in [0.15, 0.2) is 42.5 Å². The van der Waals surface area contributed by atoms with Crippen LogP contribution in [0.2, 0.25) is 0 Å². The lowest BCUT2D eigenvalue weighted by Crippen LogP contribution is -2.26. The van der Waals surface area contributed by atoms with Crippen LogP contribution in [0.25, 0.3) is 0 Å². The zero-order chi connectivity index (χ0) is 17.0. The number of esters is 1. The largest absolute Gasteiger partial charge is 0.508 e. The maximum atomic E-state index is 11.6. The van der Waals surface area contributed by atoms with Crippen molar-refractivity contribution < 1.29 is 14.6 Å². The highest BCUT2D eigenvalue weighted by atomic mass is 16.5. The second kappa shape index (κ2) is 6.86. The second-order valence-electron chi connectivity index (χ2n) is 5.86. The zero-order valence-electron chi connectivity index (χ0n) is 14.2. The van der Waals surface area contributed by atoms with Gasteiger partial charge in [0.1, 0.15) is 5.75 Å². The first kappa shape index (κ1) is 17.1. The lowest BCUT2D eigenvalue weighted by atomic mass is 9.70. The summed E-state index contributed by atoms with van der Waals surface area (Å²) < 4.78 is 4.76. The Kier molecular flexibility index (Phi) is 5.09. The van der Waals surface area contributed by atoms with Gasteiger partial charge in [0.15, 0.2) is 0 Å². The molecule has 0 spiro atoms. The highest BCUT2D eigenvalue weighted by molar-refractivity contribution is 5.89. The van der Waals surface area contributed by atoms with E-state index >= 15 is 0 Å². The van der Waals surface area contributed by atoms with Crippen molar-refractivity contribution >= 4 is 5.97 Å². The molecular weight excluding hydrogens is 288 g/mol. The smallest absolute Gasteiger partial charge is 0.337 e. The van der Waals surface area contributed by atoms with Crippen LogP contribution >= 0.6 is 0 Å². The summed E-state index contributed by atoms with van der Waals surface area (Å²) in [5.74, 6) is -0.00785. The Hall–Kier alpha value is -2.29. The Bertz CT molecular complexity index is 683. The minimum absolute atomic E-state index is 0.132. The summed E-state index contributed by atoms with van der Waals surface area (Å²) in [5, 5.41) is 9.80. The molecule has 0 radical (unpaired) electrons. The van der Waals surface area contributed by atoms with Crippen LogP contribution in [-0.2, 0) is 10.2 Å². The Morgan fingerprint density at radius 2 is 1.61 bits per heavy atom. The number of phenolic OH excluding ortho intramolecular Hbond substituents is 1. The van der Waals surface area contributed by atoms with Gasteiger partial charge >= 0.3 is 5.97 Å². The molecule has 0 aliphatic rings. The molecule has 0 saturated heterocycles. The van der Waals surface area contributed by atoms with E-state index in [1.807, 2.05) is 37.3 Å². The van der Waals surface area contributed by atoms with Crippen molar-refractivity contribution in [1.29, 1.82) is 0 Å². The number of carbonyl (C=O) groups excluding carboxylic acids is 1. The molecule has 0 fully saturated rings. The van der Waals surface area contributed by atoms with E-state index in [2.05, 4.69) is 19.9 Å². The van der Waals surface area contributed by atoms with Gasteiger partial charge in [0.25, 0.3) is 0 Å². The topological polar surface area (TPSA) is 46.5 Å². The molecule has 0 bridgehead atoms. The third-order valence-corrected chi connectivity index (χ3v) is 4.82. The molecule has 0 saturated carbocycles. The van der Waals surface area contributed by atoms with Gasteiger partial charge in [-0.1, -0.05) is 38.1 Å². The quantitative estimate of drug-likeness (QED) is 0.821. The van der Waals surface area contributed by atoms with E-state index in [9.17, 15) is 9.90 Å². The van der Waals surface area contributed by atoms with Crippen molar-refractivity contribution in [2.75, 3.05) is 7.11 Å². The molecule has 23 heavy (non-hydrogen) atoms. The maximum absolute atomic E-state index is 11.6. The highest BCUT2D eigenvalue weighted by Crippen LogP contribution is 2.40. The summed E-state index contributed by atoms with van der Waals surface area (Å²) >= 11 is 0. The van der Waals surface area contributed by atoms with Gasteiger partial charge in [-0.3, -0.25) is 0 Å². The van der Waals surface area contributed by atoms with Gasteiger partial charge in [-0.15, -0.1) is 0 Å². The van der Waals surface area contributed by atoms with E-state index in [-0.39, 0.29) is 11.4 Å². The average molecular weight is 312 g/mol. The van der Waals surface area contributed by atoms with Crippen LogP contribution in [-0.4, -0.2) is 18.2 Å². The SMILES string of the molecule is CCC(CC)(c1ccc(C(=O)OC)cc1)c1ccc(O)c(C)c1. The van der Waals surface area contributed by atoms with Crippen molar-refractivity contribution in [3.05, 3.63) is 64.7 Å². The van der Waals surface area contributed by atoms with Crippen LogP contribution in [0, 0.1) is 6.92 Å². The molecule has 0 amide bonds. The van der Waals surface area contributed by atoms with Crippen LogP contribution in [0.4, 0.5) is 0 Å². The van der Waals surface area contributed by atoms with Gasteiger partial charge in [0.2, 0.25) is 0 Å². The van der Waals surface area contributed by atoms with E-state index in [0.29, 0.717) is 11.3 Å². The number of benzene rings is 2. The predicted octanol–water partition coefficient (Wildman–Crippen LogP) is 4.59. The molecule has 2 aromatic carbocycles. The Morgan fingerprint density at radius 3 is 2.09 bits per heavy atom. The molecule has 0 atom stereocenters. The average Bonchev–Trinajstić information content (AvgIpc) is 2.59. The first-order valence-corrected chi connectivity index (χ1v) is 7.97. The number of hydrogen-bond donors (Lipinski definition) is 1. The molecule has 2 rings (SSSR count). The molecule has 1 N–H and O–H groups in total.